The maximum atomic E-state index is 15.1. The predicted molar refractivity (Wildman–Crippen MR) is 154 cm³/mol. The lowest BCUT2D eigenvalue weighted by Gasteiger charge is -2.29. The first-order valence-corrected chi connectivity index (χ1v) is 14.4. The van der Waals surface area contributed by atoms with E-state index in [4.69, 9.17) is 14.2 Å². The van der Waals surface area contributed by atoms with E-state index in [0.717, 1.165) is 50.5 Å². The molecule has 1 fully saturated rings. The molecule has 40 heavy (non-hydrogen) atoms. The minimum Gasteiger partial charge on any atom is -0.490 e. The molecule has 6 heteroatoms. The highest BCUT2D eigenvalue weighted by Gasteiger charge is 2.24. The number of allylic oxidation sites excluding steroid dienone is 2. The van der Waals surface area contributed by atoms with Crippen molar-refractivity contribution in [2.45, 2.75) is 71.0 Å². The topological polar surface area (TPSA) is 27.7 Å². The molecule has 1 aliphatic rings. The van der Waals surface area contributed by atoms with Gasteiger partial charge in [-0.15, -0.1) is 0 Å². The molecule has 0 aromatic heterocycles. The zero-order valence-corrected chi connectivity index (χ0v) is 23.4. The van der Waals surface area contributed by atoms with E-state index in [9.17, 15) is 8.78 Å². The molecule has 0 N–H and O–H groups in total. The third-order valence-corrected chi connectivity index (χ3v) is 7.30. The first-order valence-electron chi connectivity index (χ1n) is 14.4. The molecule has 0 atom stereocenters. The van der Waals surface area contributed by atoms with Gasteiger partial charge in [-0.05, 0) is 54.7 Å². The van der Waals surface area contributed by atoms with Crippen molar-refractivity contribution in [2.75, 3.05) is 19.8 Å². The van der Waals surface area contributed by atoms with Crippen molar-refractivity contribution >= 4 is 0 Å². The minimum atomic E-state index is -0.989. The maximum absolute atomic E-state index is 15.1. The summed E-state index contributed by atoms with van der Waals surface area (Å²) in [4.78, 5) is 0. The first kappa shape index (κ1) is 29.9. The number of unbranched alkanes of at least 4 members (excludes halogenated alkanes) is 4. The zero-order valence-electron chi connectivity index (χ0n) is 23.4. The van der Waals surface area contributed by atoms with Crippen molar-refractivity contribution in [2.24, 2.45) is 0 Å². The van der Waals surface area contributed by atoms with Crippen molar-refractivity contribution in [1.29, 1.82) is 0 Å². The molecule has 1 saturated heterocycles. The van der Waals surface area contributed by atoms with Crippen molar-refractivity contribution in [1.82, 2.24) is 0 Å². The van der Waals surface area contributed by atoms with E-state index in [2.05, 4.69) is 13.0 Å². The molecule has 3 nitrogen and oxygen atoms in total. The molecular formula is C34H39F3O3. The second-order valence-corrected chi connectivity index (χ2v) is 10.3. The van der Waals surface area contributed by atoms with E-state index in [0.29, 0.717) is 36.5 Å². The van der Waals surface area contributed by atoms with Crippen LogP contribution in [0.4, 0.5) is 13.2 Å². The highest BCUT2D eigenvalue weighted by Crippen LogP contribution is 2.33. The number of ether oxygens (including phenoxy) is 3. The molecule has 214 valence electrons. The molecule has 3 aromatic carbocycles. The Morgan fingerprint density at radius 1 is 0.825 bits per heavy atom. The molecule has 1 heterocycles. The normalized spacial score (nSPS) is 17.4. The van der Waals surface area contributed by atoms with Crippen LogP contribution in [0.2, 0.25) is 0 Å². The van der Waals surface area contributed by atoms with Gasteiger partial charge >= 0.3 is 0 Å². The summed E-state index contributed by atoms with van der Waals surface area (Å²) in [6.45, 7) is 5.46. The van der Waals surface area contributed by atoms with Gasteiger partial charge in [-0.1, -0.05) is 81.2 Å². The molecule has 0 aliphatic carbocycles. The number of hydrogen-bond donors (Lipinski definition) is 0. The second kappa shape index (κ2) is 15.1. The SMILES string of the molecule is CC=CCCC1OCC(c2ccc(-c3ccc(-c4ccc(OCCCCCCC)c(F)c4F)cc3)c(F)c2)CO1. The van der Waals surface area contributed by atoms with Crippen LogP contribution in [-0.2, 0) is 9.47 Å². The Kier molecular flexibility index (Phi) is 11.2. The van der Waals surface area contributed by atoms with Gasteiger partial charge in [0, 0.05) is 23.5 Å². The molecule has 0 bridgehead atoms. The third-order valence-electron chi connectivity index (χ3n) is 7.30. The van der Waals surface area contributed by atoms with E-state index >= 15 is 4.39 Å². The Morgan fingerprint density at radius 3 is 2.17 bits per heavy atom. The smallest absolute Gasteiger partial charge is 0.201 e. The summed E-state index contributed by atoms with van der Waals surface area (Å²) in [6, 6.07) is 14.9. The van der Waals surface area contributed by atoms with Crippen molar-refractivity contribution < 1.29 is 27.4 Å². The van der Waals surface area contributed by atoms with Gasteiger partial charge in [-0.2, -0.15) is 4.39 Å². The minimum absolute atomic E-state index is 0.0326. The summed E-state index contributed by atoms with van der Waals surface area (Å²) in [6.07, 6.45) is 10.8. The molecule has 0 radical (unpaired) electrons. The molecule has 0 amide bonds. The zero-order chi connectivity index (χ0) is 28.3. The van der Waals surface area contributed by atoms with Crippen LogP contribution in [0.25, 0.3) is 22.3 Å². The fraction of sp³-hybridized carbons (Fsp3) is 0.412. The predicted octanol–water partition coefficient (Wildman–Crippen LogP) is 9.60. The molecule has 0 saturated carbocycles. The van der Waals surface area contributed by atoms with Crippen LogP contribution in [0.1, 0.15) is 70.3 Å². The molecule has 3 aromatic rings. The average molecular weight is 553 g/mol. The van der Waals surface area contributed by atoms with Crippen LogP contribution in [-0.4, -0.2) is 26.1 Å². The highest BCUT2D eigenvalue weighted by molar-refractivity contribution is 5.71. The lowest BCUT2D eigenvalue weighted by Crippen LogP contribution is -2.30. The van der Waals surface area contributed by atoms with Crippen LogP contribution < -0.4 is 4.74 Å². The van der Waals surface area contributed by atoms with Crippen LogP contribution in [0, 0.1) is 17.5 Å². The summed E-state index contributed by atoms with van der Waals surface area (Å²) in [5, 5.41) is 0. The molecule has 0 unspecified atom stereocenters. The Balaban J connectivity index is 1.38. The molecule has 0 spiro atoms. The summed E-state index contributed by atoms with van der Waals surface area (Å²) < 4.78 is 61.8. The largest absolute Gasteiger partial charge is 0.490 e. The fourth-order valence-corrected chi connectivity index (χ4v) is 4.90. The van der Waals surface area contributed by atoms with Crippen LogP contribution >= 0.6 is 0 Å². The Morgan fingerprint density at radius 2 is 1.50 bits per heavy atom. The van der Waals surface area contributed by atoms with Crippen molar-refractivity contribution in [3.05, 3.63) is 89.8 Å². The van der Waals surface area contributed by atoms with E-state index in [1.807, 2.05) is 19.1 Å². The van der Waals surface area contributed by atoms with Gasteiger partial charge < -0.3 is 14.2 Å². The fourth-order valence-electron chi connectivity index (χ4n) is 4.90. The van der Waals surface area contributed by atoms with E-state index in [1.54, 1.807) is 30.3 Å². The van der Waals surface area contributed by atoms with Crippen molar-refractivity contribution in [3.8, 4) is 28.0 Å². The maximum Gasteiger partial charge on any atom is 0.201 e. The van der Waals surface area contributed by atoms with Gasteiger partial charge in [0.1, 0.15) is 5.82 Å². The molecule has 1 aliphatic heterocycles. The number of rotatable bonds is 13. The van der Waals surface area contributed by atoms with Gasteiger partial charge in [0.2, 0.25) is 5.82 Å². The first-order chi connectivity index (χ1) is 19.5. The molecular weight excluding hydrogens is 513 g/mol. The standard InChI is InChI=1S/C34H39F3O3/c1-3-5-7-8-10-20-38-31-19-18-29(33(36)34(31)37)25-14-12-24(13-15-25)28-17-16-26(21-30(28)35)27-22-39-32(40-23-27)11-9-6-4-2/h4,6,12-19,21,27,32H,3,5,7-11,20,22-23H2,1-2H3. The van der Waals surface area contributed by atoms with Crippen LogP contribution in [0.3, 0.4) is 0 Å². The van der Waals surface area contributed by atoms with Gasteiger partial charge in [0.05, 0.1) is 19.8 Å². The van der Waals surface area contributed by atoms with Gasteiger partial charge in [-0.3, -0.25) is 0 Å². The van der Waals surface area contributed by atoms with E-state index in [-0.39, 0.29) is 29.3 Å². The van der Waals surface area contributed by atoms with Crippen molar-refractivity contribution in [3.63, 3.8) is 0 Å². The number of halogens is 3. The Hall–Kier alpha value is -3.09. The lowest BCUT2D eigenvalue weighted by atomic mass is 9.95. The third kappa shape index (κ3) is 7.76. The quantitative estimate of drug-likeness (QED) is 0.156. The molecule has 4 rings (SSSR count). The number of benzene rings is 3. The summed E-state index contributed by atoms with van der Waals surface area (Å²) in [5.74, 6) is -2.40. The summed E-state index contributed by atoms with van der Waals surface area (Å²) >= 11 is 0. The van der Waals surface area contributed by atoms with Gasteiger partial charge in [0.15, 0.2) is 17.9 Å². The average Bonchev–Trinajstić information content (AvgIpc) is 2.98. The summed E-state index contributed by atoms with van der Waals surface area (Å²) in [7, 11) is 0. The van der Waals surface area contributed by atoms with Gasteiger partial charge in [0.25, 0.3) is 0 Å². The second-order valence-electron chi connectivity index (χ2n) is 10.3. The van der Waals surface area contributed by atoms with Crippen LogP contribution in [0.5, 0.6) is 5.75 Å². The Labute approximate surface area is 236 Å². The summed E-state index contributed by atoms with van der Waals surface area (Å²) in [5.41, 5.74) is 2.55. The monoisotopic (exact) mass is 552 g/mol. The van der Waals surface area contributed by atoms with Gasteiger partial charge in [-0.25, -0.2) is 8.78 Å². The Bertz CT molecular complexity index is 1250. The highest BCUT2D eigenvalue weighted by atomic mass is 19.2. The number of hydrogen-bond acceptors (Lipinski definition) is 3. The van der Waals surface area contributed by atoms with Crippen LogP contribution in [0.15, 0.2) is 66.7 Å². The lowest BCUT2D eigenvalue weighted by molar-refractivity contribution is -0.189. The van der Waals surface area contributed by atoms with E-state index in [1.165, 1.54) is 18.2 Å². The van der Waals surface area contributed by atoms with E-state index < -0.39 is 11.6 Å².